The number of thiophene rings is 1. The molecule has 3 rings (SSSR count). The number of nitrogens with zero attached hydrogens (tertiary/aromatic N) is 2. The standard InChI is InChI=1S/C13H14BrN3O3S3/c14-10-3-4-11(22-10)23(19,20)17-6-1-2-9(8-17)12(18)16-13-15-5-7-21-13/h3-5,7,9H,1-2,6,8H2,(H,15,16,18). The van der Waals surface area contributed by atoms with Crippen molar-refractivity contribution in [2.24, 2.45) is 5.92 Å². The second-order valence-electron chi connectivity index (χ2n) is 5.09. The predicted octanol–water partition coefficient (Wildman–Crippen LogP) is 3.01. The Balaban J connectivity index is 1.71. The number of thiazole rings is 1. The molecule has 10 heteroatoms. The summed E-state index contributed by atoms with van der Waals surface area (Å²) in [5.74, 6) is -0.530. The lowest BCUT2D eigenvalue weighted by molar-refractivity contribution is -0.120. The van der Waals surface area contributed by atoms with Gasteiger partial charge in [-0.2, -0.15) is 4.31 Å². The number of carbonyl (C=O) groups excluding carboxylic acids is 1. The van der Waals surface area contributed by atoms with Crippen molar-refractivity contribution >= 4 is 59.7 Å². The Morgan fingerprint density at radius 2 is 2.26 bits per heavy atom. The summed E-state index contributed by atoms with van der Waals surface area (Å²) in [5, 5.41) is 5.07. The van der Waals surface area contributed by atoms with Crippen LogP contribution in [0.3, 0.4) is 0 Å². The van der Waals surface area contributed by atoms with Crippen LogP contribution in [0.2, 0.25) is 0 Å². The average Bonchev–Trinajstić information content (AvgIpc) is 3.19. The van der Waals surface area contributed by atoms with Gasteiger partial charge < -0.3 is 5.32 Å². The van der Waals surface area contributed by atoms with Crippen LogP contribution in [0.5, 0.6) is 0 Å². The van der Waals surface area contributed by atoms with Gasteiger partial charge in [0.1, 0.15) is 4.21 Å². The van der Waals surface area contributed by atoms with E-state index in [0.29, 0.717) is 28.7 Å². The Bertz CT molecular complexity index is 789. The molecule has 1 aliphatic heterocycles. The zero-order valence-corrected chi connectivity index (χ0v) is 16.0. The van der Waals surface area contributed by atoms with E-state index < -0.39 is 10.0 Å². The van der Waals surface area contributed by atoms with E-state index in [0.717, 1.165) is 3.79 Å². The van der Waals surface area contributed by atoms with Crippen molar-refractivity contribution in [3.05, 3.63) is 27.5 Å². The summed E-state index contributed by atoms with van der Waals surface area (Å²) in [6.45, 7) is 0.647. The van der Waals surface area contributed by atoms with Crippen LogP contribution in [-0.2, 0) is 14.8 Å². The first kappa shape index (κ1) is 17.0. The molecule has 1 fully saturated rings. The largest absolute Gasteiger partial charge is 0.302 e. The zero-order chi connectivity index (χ0) is 16.4. The number of rotatable bonds is 4. The van der Waals surface area contributed by atoms with Crippen molar-refractivity contribution in [2.45, 2.75) is 17.1 Å². The smallest absolute Gasteiger partial charge is 0.252 e. The molecule has 1 atom stereocenters. The topological polar surface area (TPSA) is 79.4 Å². The number of nitrogens with one attached hydrogen (secondary N) is 1. The summed E-state index contributed by atoms with van der Waals surface area (Å²) in [7, 11) is -3.54. The maximum absolute atomic E-state index is 12.7. The Hall–Kier alpha value is -0.810. The third-order valence-electron chi connectivity index (χ3n) is 3.56. The highest BCUT2D eigenvalue weighted by Crippen LogP contribution is 2.31. The molecule has 0 saturated carbocycles. The van der Waals surface area contributed by atoms with E-state index in [4.69, 9.17) is 0 Å². The third kappa shape index (κ3) is 3.82. The van der Waals surface area contributed by atoms with Gasteiger partial charge in [-0.25, -0.2) is 13.4 Å². The minimum Gasteiger partial charge on any atom is -0.302 e. The molecule has 1 amide bonds. The third-order valence-corrected chi connectivity index (χ3v) is 8.20. The molecule has 0 aromatic carbocycles. The quantitative estimate of drug-likeness (QED) is 0.799. The monoisotopic (exact) mass is 435 g/mol. The molecule has 2 aromatic rings. The number of anilines is 1. The van der Waals surface area contributed by atoms with Gasteiger partial charge in [-0.3, -0.25) is 4.79 Å². The van der Waals surface area contributed by atoms with Crippen LogP contribution in [-0.4, -0.2) is 36.7 Å². The van der Waals surface area contributed by atoms with Gasteiger partial charge >= 0.3 is 0 Å². The van der Waals surface area contributed by atoms with E-state index in [1.165, 1.54) is 27.0 Å². The van der Waals surface area contributed by atoms with Crippen LogP contribution in [0.25, 0.3) is 0 Å². The maximum Gasteiger partial charge on any atom is 0.252 e. The molecule has 1 N–H and O–H groups in total. The Morgan fingerprint density at radius 3 is 2.91 bits per heavy atom. The summed E-state index contributed by atoms with van der Waals surface area (Å²) >= 11 is 5.81. The molecule has 124 valence electrons. The molecule has 0 radical (unpaired) electrons. The lowest BCUT2D eigenvalue weighted by Gasteiger charge is -2.30. The van der Waals surface area contributed by atoms with E-state index >= 15 is 0 Å². The summed E-state index contributed by atoms with van der Waals surface area (Å²) in [6.07, 6.45) is 2.96. The Morgan fingerprint density at radius 1 is 1.43 bits per heavy atom. The second-order valence-corrected chi connectivity index (χ2v) is 10.6. The normalized spacial score (nSPS) is 19.6. The average molecular weight is 436 g/mol. The van der Waals surface area contributed by atoms with Gasteiger partial charge in [-0.1, -0.05) is 0 Å². The van der Waals surface area contributed by atoms with Crippen molar-refractivity contribution in [3.63, 3.8) is 0 Å². The van der Waals surface area contributed by atoms with Crippen LogP contribution in [0.1, 0.15) is 12.8 Å². The molecular formula is C13H14BrN3O3S3. The van der Waals surface area contributed by atoms with Crippen molar-refractivity contribution in [2.75, 3.05) is 18.4 Å². The Kier molecular flexibility index (Phi) is 5.16. The van der Waals surface area contributed by atoms with Crippen LogP contribution < -0.4 is 5.32 Å². The number of amides is 1. The summed E-state index contributed by atoms with van der Waals surface area (Å²) in [5.41, 5.74) is 0. The number of hydrogen-bond donors (Lipinski definition) is 1. The first-order chi connectivity index (χ1) is 11.0. The van der Waals surface area contributed by atoms with Gasteiger partial charge in [-0.05, 0) is 40.9 Å². The summed E-state index contributed by atoms with van der Waals surface area (Å²) in [4.78, 5) is 16.3. The van der Waals surface area contributed by atoms with Gasteiger partial charge in [0.05, 0.1) is 9.70 Å². The molecule has 2 aromatic heterocycles. The first-order valence-electron chi connectivity index (χ1n) is 6.92. The molecule has 23 heavy (non-hydrogen) atoms. The van der Waals surface area contributed by atoms with Crippen LogP contribution >= 0.6 is 38.6 Å². The zero-order valence-electron chi connectivity index (χ0n) is 11.9. The number of hydrogen-bond acceptors (Lipinski definition) is 6. The van der Waals surface area contributed by atoms with Gasteiger partial charge in [0.2, 0.25) is 5.91 Å². The minimum atomic E-state index is -3.54. The molecule has 0 aliphatic carbocycles. The second kappa shape index (κ2) is 6.98. The van der Waals surface area contributed by atoms with Crippen molar-refractivity contribution < 1.29 is 13.2 Å². The molecule has 6 nitrogen and oxygen atoms in total. The van der Waals surface area contributed by atoms with Crippen molar-refractivity contribution in [3.8, 4) is 0 Å². The fraction of sp³-hybridized carbons (Fsp3) is 0.385. The fourth-order valence-corrected chi connectivity index (χ4v) is 6.65. The van der Waals surface area contributed by atoms with Gasteiger partial charge in [0, 0.05) is 24.7 Å². The van der Waals surface area contributed by atoms with E-state index in [1.807, 2.05) is 0 Å². The van der Waals surface area contributed by atoms with E-state index in [9.17, 15) is 13.2 Å². The molecular weight excluding hydrogens is 422 g/mol. The van der Waals surface area contributed by atoms with Crippen molar-refractivity contribution in [1.82, 2.24) is 9.29 Å². The van der Waals surface area contributed by atoms with Crippen LogP contribution in [0.4, 0.5) is 5.13 Å². The number of carbonyl (C=O) groups is 1. The lowest BCUT2D eigenvalue weighted by Crippen LogP contribution is -2.43. The number of sulfonamides is 1. The van der Waals surface area contributed by atoms with Gasteiger partial charge in [0.25, 0.3) is 10.0 Å². The number of piperidine rings is 1. The van der Waals surface area contributed by atoms with E-state index in [1.54, 1.807) is 23.7 Å². The highest BCUT2D eigenvalue weighted by Gasteiger charge is 2.34. The van der Waals surface area contributed by atoms with Crippen molar-refractivity contribution in [1.29, 1.82) is 0 Å². The predicted molar refractivity (Wildman–Crippen MR) is 94.2 cm³/mol. The van der Waals surface area contributed by atoms with E-state index in [-0.39, 0.29) is 18.4 Å². The molecule has 1 saturated heterocycles. The number of aromatic nitrogens is 1. The summed E-state index contributed by atoms with van der Waals surface area (Å²) in [6, 6.07) is 3.30. The molecule has 0 bridgehead atoms. The molecule has 1 aliphatic rings. The fourth-order valence-electron chi connectivity index (χ4n) is 2.43. The summed E-state index contributed by atoms with van der Waals surface area (Å²) < 4.78 is 27.8. The molecule has 0 spiro atoms. The van der Waals surface area contributed by atoms with Gasteiger partial charge in [0.15, 0.2) is 5.13 Å². The number of halogens is 1. The highest BCUT2D eigenvalue weighted by molar-refractivity contribution is 9.11. The minimum absolute atomic E-state index is 0.174. The first-order valence-corrected chi connectivity index (χ1v) is 10.9. The Labute approximate surface area is 150 Å². The van der Waals surface area contributed by atoms with Gasteiger partial charge in [-0.15, -0.1) is 22.7 Å². The van der Waals surface area contributed by atoms with Crippen LogP contribution in [0.15, 0.2) is 31.7 Å². The SMILES string of the molecule is O=C(Nc1nccs1)C1CCCN(S(=O)(=O)c2ccc(Br)s2)C1. The highest BCUT2D eigenvalue weighted by atomic mass is 79.9. The molecule has 3 heterocycles. The van der Waals surface area contributed by atoms with Crippen LogP contribution in [0, 0.1) is 5.92 Å². The maximum atomic E-state index is 12.7. The molecule has 1 unspecified atom stereocenters. The lowest BCUT2D eigenvalue weighted by atomic mass is 9.99. The van der Waals surface area contributed by atoms with E-state index in [2.05, 4.69) is 26.2 Å².